The quantitative estimate of drug-likeness (QED) is 0.775. The number of nitrogens with zero attached hydrogens (tertiary/aromatic N) is 1. The molecule has 1 saturated heterocycles. The summed E-state index contributed by atoms with van der Waals surface area (Å²) in [5.74, 6) is 0.635. The number of rotatable bonds is 5. The van der Waals surface area contributed by atoms with Crippen LogP contribution in [0.15, 0.2) is 6.07 Å². The average Bonchev–Trinajstić information content (AvgIpc) is 2.78. The second kappa shape index (κ2) is 6.73. The highest BCUT2D eigenvalue weighted by atomic mass is 32.2. The first-order valence-corrected chi connectivity index (χ1v) is 10.0. The average molecular weight is 337 g/mol. The third-order valence-electron chi connectivity index (χ3n) is 4.98. The Bertz CT molecular complexity index is 722. The van der Waals surface area contributed by atoms with Crippen molar-refractivity contribution in [1.82, 2.24) is 4.90 Å². The number of sulfone groups is 1. The van der Waals surface area contributed by atoms with Gasteiger partial charge in [-0.05, 0) is 62.9 Å². The van der Waals surface area contributed by atoms with Gasteiger partial charge in [0.1, 0.15) is 0 Å². The molecule has 1 heterocycles. The number of carbonyl (C=O) groups excluding carboxylic acids is 1. The smallest absolute Gasteiger partial charge is 0.160 e. The first kappa shape index (κ1) is 18.1. The predicted octanol–water partition coefficient (Wildman–Crippen LogP) is 2.82. The summed E-state index contributed by atoms with van der Waals surface area (Å²) in [6, 6.07) is 2.16. The van der Waals surface area contributed by atoms with Crippen molar-refractivity contribution in [3.63, 3.8) is 0 Å². The van der Waals surface area contributed by atoms with Crippen molar-refractivity contribution in [2.24, 2.45) is 0 Å². The third-order valence-corrected chi connectivity index (χ3v) is 6.73. The summed E-state index contributed by atoms with van der Waals surface area (Å²) in [7, 11) is -2.89. The van der Waals surface area contributed by atoms with E-state index in [1.54, 1.807) is 6.92 Å². The summed E-state index contributed by atoms with van der Waals surface area (Å²) in [6.45, 7) is 11.2. The SMILES string of the molecule is CCN(Cc1c(C)cc(C)c(C(C)=O)c1C)C1CCS(=O)(=O)C1. The summed E-state index contributed by atoms with van der Waals surface area (Å²) in [5, 5.41) is 0. The number of aryl methyl sites for hydroxylation is 2. The zero-order valence-electron chi connectivity index (χ0n) is 14.8. The highest BCUT2D eigenvalue weighted by molar-refractivity contribution is 7.91. The van der Waals surface area contributed by atoms with Gasteiger partial charge in [0, 0.05) is 18.2 Å². The van der Waals surface area contributed by atoms with Crippen LogP contribution in [-0.2, 0) is 16.4 Å². The molecule has 1 aromatic carbocycles. The second-order valence-corrected chi connectivity index (χ2v) is 8.89. The number of carbonyl (C=O) groups is 1. The lowest BCUT2D eigenvalue weighted by molar-refractivity contribution is 0.101. The van der Waals surface area contributed by atoms with Crippen molar-refractivity contribution in [2.75, 3.05) is 18.1 Å². The van der Waals surface area contributed by atoms with Gasteiger partial charge in [-0.15, -0.1) is 0 Å². The van der Waals surface area contributed by atoms with E-state index in [1.807, 2.05) is 13.8 Å². The topological polar surface area (TPSA) is 54.5 Å². The fourth-order valence-corrected chi connectivity index (χ4v) is 5.54. The molecule has 5 heteroatoms. The lowest BCUT2D eigenvalue weighted by atomic mass is 9.91. The molecule has 1 aliphatic heterocycles. The Morgan fingerprint density at radius 1 is 1.26 bits per heavy atom. The molecule has 23 heavy (non-hydrogen) atoms. The van der Waals surface area contributed by atoms with E-state index in [2.05, 4.69) is 24.8 Å². The molecule has 2 rings (SSSR count). The van der Waals surface area contributed by atoms with Gasteiger partial charge in [0.15, 0.2) is 15.6 Å². The minimum Gasteiger partial charge on any atom is -0.295 e. The summed E-state index contributed by atoms with van der Waals surface area (Å²) in [5.41, 5.74) is 5.19. The van der Waals surface area contributed by atoms with Crippen molar-refractivity contribution in [3.8, 4) is 0 Å². The highest BCUT2D eigenvalue weighted by Crippen LogP contribution is 2.26. The maximum Gasteiger partial charge on any atom is 0.160 e. The van der Waals surface area contributed by atoms with Crippen LogP contribution in [0.4, 0.5) is 0 Å². The van der Waals surface area contributed by atoms with Crippen LogP contribution in [0.3, 0.4) is 0 Å². The fourth-order valence-electron chi connectivity index (χ4n) is 3.78. The molecule has 128 valence electrons. The van der Waals surface area contributed by atoms with Crippen molar-refractivity contribution in [3.05, 3.63) is 33.9 Å². The lowest BCUT2D eigenvalue weighted by Crippen LogP contribution is -2.36. The normalized spacial score (nSPS) is 20.2. The Kier molecular flexibility index (Phi) is 5.31. The van der Waals surface area contributed by atoms with Crippen LogP contribution >= 0.6 is 0 Å². The molecular formula is C18H27NO3S. The van der Waals surface area contributed by atoms with Gasteiger partial charge in [-0.2, -0.15) is 0 Å². The summed E-state index contributed by atoms with van der Waals surface area (Å²) in [4.78, 5) is 14.2. The number of hydrogen-bond donors (Lipinski definition) is 0. The van der Waals surface area contributed by atoms with Gasteiger partial charge in [-0.3, -0.25) is 9.69 Å². The first-order chi connectivity index (χ1) is 10.7. The third kappa shape index (κ3) is 3.83. The van der Waals surface area contributed by atoms with Gasteiger partial charge < -0.3 is 0 Å². The van der Waals surface area contributed by atoms with E-state index in [9.17, 15) is 13.2 Å². The first-order valence-electron chi connectivity index (χ1n) is 8.21. The zero-order chi connectivity index (χ0) is 17.4. The van der Waals surface area contributed by atoms with Gasteiger partial charge in [0.2, 0.25) is 0 Å². The summed E-state index contributed by atoms with van der Waals surface area (Å²) >= 11 is 0. The van der Waals surface area contributed by atoms with Crippen molar-refractivity contribution in [1.29, 1.82) is 0 Å². The van der Waals surface area contributed by atoms with Gasteiger partial charge in [-0.25, -0.2) is 8.42 Å². The van der Waals surface area contributed by atoms with Crippen LogP contribution in [0.2, 0.25) is 0 Å². The van der Waals surface area contributed by atoms with Gasteiger partial charge in [-0.1, -0.05) is 13.0 Å². The zero-order valence-corrected chi connectivity index (χ0v) is 15.6. The van der Waals surface area contributed by atoms with E-state index < -0.39 is 9.84 Å². The van der Waals surface area contributed by atoms with Crippen LogP contribution < -0.4 is 0 Å². The van der Waals surface area contributed by atoms with E-state index in [1.165, 1.54) is 5.56 Å². The minimum atomic E-state index is -2.89. The molecule has 1 aliphatic rings. The molecule has 1 unspecified atom stereocenters. The van der Waals surface area contributed by atoms with Crippen LogP contribution in [0.1, 0.15) is 52.9 Å². The van der Waals surface area contributed by atoms with Crippen LogP contribution in [-0.4, -0.2) is 43.2 Å². The molecule has 0 N–H and O–H groups in total. The molecule has 0 amide bonds. The van der Waals surface area contributed by atoms with Crippen molar-refractivity contribution >= 4 is 15.6 Å². The Labute approximate surface area is 139 Å². The monoisotopic (exact) mass is 337 g/mol. The number of Topliss-reactive ketones (excluding diaryl/α,β-unsaturated/α-hetero) is 1. The fraction of sp³-hybridized carbons (Fsp3) is 0.611. The van der Waals surface area contributed by atoms with Crippen LogP contribution in [0.25, 0.3) is 0 Å². The Balaban J connectivity index is 2.35. The van der Waals surface area contributed by atoms with E-state index in [0.29, 0.717) is 18.7 Å². The molecule has 0 saturated carbocycles. The Morgan fingerprint density at radius 3 is 2.39 bits per heavy atom. The van der Waals surface area contributed by atoms with Crippen molar-refractivity contribution in [2.45, 2.75) is 53.6 Å². The maximum absolute atomic E-state index is 12.0. The standard InChI is InChI=1S/C18H27NO3S/c1-6-19(16-7-8-23(21,22)11-16)10-17-12(2)9-13(3)18(14(17)4)15(5)20/h9,16H,6-8,10-11H2,1-5H3. The summed E-state index contributed by atoms with van der Waals surface area (Å²) < 4.78 is 23.5. The Morgan fingerprint density at radius 2 is 1.91 bits per heavy atom. The molecule has 1 atom stereocenters. The number of hydrogen-bond acceptors (Lipinski definition) is 4. The van der Waals surface area contributed by atoms with Crippen LogP contribution in [0, 0.1) is 20.8 Å². The molecule has 0 aliphatic carbocycles. The van der Waals surface area contributed by atoms with Gasteiger partial charge in [0.05, 0.1) is 11.5 Å². The van der Waals surface area contributed by atoms with Crippen molar-refractivity contribution < 1.29 is 13.2 Å². The molecule has 0 radical (unpaired) electrons. The van der Waals surface area contributed by atoms with E-state index >= 15 is 0 Å². The van der Waals surface area contributed by atoms with Gasteiger partial charge in [0.25, 0.3) is 0 Å². The molecule has 0 spiro atoms. The Hall–Kier alpha value is -1.20. The largest absolute Gasteiger partial charge is 0.295 e. The van der Waals surface area contributed by atoms with Crippen LogP contribution in [0.5, 0.6) is 0 Å². The molecular weight excluding hydrogens is 310 g/mol. The number of benzene rings is 1. The molecule has 0 bridgehead atoms. The van der Waals surface area contributed by atoms with E-state index in [4.69, 9.17) is 0 Å². The molecule has 1 fully saturated rings. The highest BCUT2D eigenvalue weighted by Gasteiger charge is 2.32. The minimum absolute atomic E-state index is 0.0888. The predicted molar refractivity (Wildman–Crippen MR) is 93.8 cm³/mol. The molecule has 1 aromatic rings. The molecule has 0 aromatic heterocycles. The molecule has 4 nitrogen and oxygen atoms in total. The maximum atomic E-state index is 12.0. The van der Waals surface area contributed by atoms with E-state index in [0.717, 1.165) is 28.8 Å². The lowest BCUT2D eigenvalue weighted by Gasteiger charge is -2.29. The summed E-state index contributed by atoms with van der Waals surface area (Å²) in [6.07, 6.45) is 0.708. The van der Waals surface area contributed by atoms with Gasteiger partial charge >= 0.3 is 0 Å². The van der Waals surface area contributed by atoms with E-state index in [-0.39, 0.29) is 17.6 Å². The second-order valence-electron chi connectivity index (χ2n) is 6.67. The number of ketones is 1.